The third-order valence-corrected chi connectivity index (χ3v) is 1.87. The van der Waals surface area contributed by atoms with Gasteiger partial charge in [-0.1, -0.05) is 0 Å². The van der Waals surface area contributed by atoms with Crippen molar-refractivity contribution >= 4 is 16.9 Å². The van der Waals surface area contributed by atoms with Crippen molar-refractivity contribution < 1.29 is 8.42 Å². The van der Waals surface area contributed by atoms with Gasteiger partial charge in [0.25, 0.3) is 0 Å². The molecule has 0 spiro atoms. The molecule has 0 saturated heterocycles. The van der Waals surface area contributed by atoms with E-state index >= 15 is 0 Å². The van der Waals surface area contributed by atoms with E-state index in [2.05, 4.69) is 11.1 Å². The van der Waals surface area contributed by atoms with Gasteiger partial charge in [0.1, 0.15) is 0 Å². The number of hydrogen-bond donors (Lipinski definition) is 0. The Bertz CT molecular complexity index is 170. The molecule has 0 aliphatic carbocycles. The van der Waals surface area contributed by atoms with Crippen molar-refractivity contribution in [2.75, 3.05) is 14.1 Å². The van der Waals surface area contributed by atoms with Crippen molar-refractivity contribution in [3.8, 4) is 0 Å². The molecule has 48 valence electrons. The van der Waals surface area contributed by atoms with Crippen molar-refractivity contribution in [1.82, 2.24) is 4.31 Å². The van der Waals surface area contributed by atoms with Crippen LogP contribution in [0.15, 0.2) is 4.40 Å². The Labute approximate surface area is 49.0 Å². The van der Waals surface area contributed by atoms with Crippen LogP contribution in [0, 0.1) is 0 Å². The van der Waals surface area contributed by atoms with E-state index in [1.165, 1.54) is 14.1 Å². The summed E-state index contributed by atoms with van der Waals surface area (Å²) in [5.41, 5.74) is 0. The first-order valence-corrected chi connectivity index (χ1v) is 3.31. The van der Waals surface area contributed by atoms with E-state index in [1.807, 2.05) is 0 Å². The molecule has 0 aromatic heterocycles. The van der Waals surface area contributed by atoms with E-state index in [1.54, 1.807) is 0 Å². The van der Waals surface area contributed by atoms with Crippen LogP contribution in [0.5, 0.6) is 0 Å². The van der Waals surface area contributed by atoms with Crippen LogP contribution in [0.25, 0.3) is 0 Å². The molecule has 0 aromatic rings. The Kier molecular flexibility index (Phi) is 2.12. The van der Waals surface area contributed by atoms with Gasteiger partial charge in [-0.25, -0.2) is 0 Å². The molecular weight excluding hydrogens is 128 g/mol. The van der Waals surface area contributed by atoms with Gasteiger partial charge in [0.15, 0.2) is 0 Å². The molecule has 0 N–H and O–H groups in total. The monoisotopic (exact) mass is 136 g/mol. The third-order valence-electron chi connectivity index (χ3n) is 0.625. The Morgan fingerprint density at radius 1 is 1.50 bits per heavy atom. The van der Waals surface area contributed by atoms with Crippen LogP contribution >= 0.6 is 0 Å². The summed E-state index contributed by atoms with van der Waals surface area (Å²) in [4.78, 5) is 0. The fourth-order valence-corrected chi connectivity index (χ4v) is 0.346. The van der Waals surface area contributed by atoms with E-state index in [9.17, 15) is 8.42 Å². The quantitative estimate of drug-likeness (QED) is 0.480. The summed E-state index contributed by atoms with van der Waals surface area (Å²) >= 11 is 0. The second-order valence-electron chi connectivity index (χ2n) is 1.39. The van der Waals surface area contributed by atoms with E-state index in [0.717, 1.165) is 4.31 Å². The molecule has 0 aliphatic rings. The van der Waals surface area contributed by atoms with E-state index < -0.39 is 10.2 Å². The predicted octanol–water partition coefficient (Wildman–Crippen LogP) is -0.507. The highest BCUT2D eigenvalue weighted by Crippen LogP contribution is 1.91. The summed E-state index contributed by atoms with van der Waals surface area (Å²) in [6.07, 6.45) is 0. The molecule has 0 rings (SSSR count). The van der Waals surface area contributed by atoms with Gasteiger partial charge in [-0.15, -0.1) is 0 Å². The van der Waals surface area contributed by atoms with Crippen molar-refractivity contribution in [3.63, 3.8) is 0 Å². The molecule has 0 amide bonds. The van der Waals surface area contributed by atoms with Gasteiger partial charge in [0.2, 0.25) is 0 Å². The highest BCUT2D eigenvalue weighted by Gasteiger charge is 2.06. The largest absolute Gasteiger partial charge is 0.321 e. The molecule has 0 aromatic carbocycles. The highest BCUT2D eigenvalue weighted by atomic mass is 32.2. The summed E-state index contributed by atoms with van der Waals surface area (Å²) in [5, 5.41) is 0. The number of hydrogen-bond acceptors (Lipinski definition) is 2. The molecule has 8 heavy (non-hydrogen) atoms. The van der Waals surface area contributed by atoms with E-state index in [4.69, 9.17) is 0 Å². The molecule has 5 heteroatoms. The van der Waals surface area contributed by atoms with Crippen LogP contribution in [-0.2, 0) is 10.2 Å². The minimum atomic E-state index is -3.39. The van der Waals surface area contributed by atoms with Gasteiger partial charge in [-0.2, -0.15) is 17.1 Å². The maximum absolute atomic E-state index is 10.4. The second-order valence-corrected chi connectivity index (χ2v) is 3.27. The van der Waals surface area contributed by atoms with Crippen LogP contribution in [0.1, 0.15) is 0 Å². The van der Waals surface area contributed by atoms with Gasteiger partial charge in [-0.05, 0) is 0 Å². The molecule has 0 atom stereocenters. The van der Waals surface area contributed by atoms with Crippen molar-refractivity contribution in [1.29, 1.82) is 0 Å². The van der Waals surface area contributed by atoms with E-state index in [0.29, 0.717) is 0 Å². The zero-order chi connectivity index (χ0) is 6.78. The van der Waals surface area contributed by atoms with Gasteiger partial charge in [0, 0.05) is 20.8 Å². The summed E-state index contributed by atoms with van der Waals surface area (Å²) < 4.78 is 24.6. The fraction of sp³-hybridized carbons (Fsp3) is 0.667. The molecule has 0 radical (unpaired) electrons. The standard InChI is InChI=1S/C3H8N2O2S/c1-4-8(6,7)5(2)3/h1H2,2-3H3. The van der Waals surface area contributed by atoms with Crippen molar-refractivity contribution in [2.24, 2.45) is 4.40 Å². The highest BCUT2D eigenvalue weighted by molar-refractivity contribution is 7.87. The Hall–Kier alpha value is -0.420. The van der Waals surface area contributed by atoms with Gasteiger partial charge in [0.05, 0.1) is 0 Å². The Morgan fingerprint density at radius 3 is 1.88 bits per heavy atom. The SMILES string of the molecule is C=NS(=O)(=O)N(C)C. The lowest BCUT2D eigenvalue weighted by Gasteiger charge is -2.02. The first-order valence-electron chi connectivity index (χ1n) is 1.91. The summed E-state index contributed by atoms with van der Waals surface area (Å²) in [6.45, 7) is 2.87. The lowest BCUT2D eigenvalue weighted by molar-refractivity contribution is 0.523. The lowest BCUT2D eigenvalue weighted by atomic mass is 11.3. The molecular formula is C3H8N2O2S. The smallest absolute Gasteiger partial charge is 0.189 e. The predicted molar refractivity (Wildman–Crippen MR) is 32.2 cm³/mol. The van der Waals surface area contributed by atoms with Crippen LogP contribution in [-0.4, -0.2) is 33.5 Å². The van der Waals surface area contributed by atoms with Gasteiger partial charge in [-0.3, -0.25) is 0 Å². The van der Waals surface area contributed by atoms with Crippen LogP contribution in [0.3, 0.4) is 0 Å². The maximum Gasteiger partial charge on any atom is 0.321 e. The van der Waals surface area contributed by atoms with Gasteiger partial charge < -0.3 is 0 Å². The van der Waals surface area contributed by atoms with Crippen molar-refractivity contribution in [3.05, 3.63) is 0 Å². The average Bonchev–Trinajstić information content (AvgIpc) is 1.67. The topological polar surface area (TPSA) is 49.7 Å². The zero-order valence-electron chi connectivity index (χ0n) is 4.83. The van der Waals surface area contributed by atoms with Crippen LogP contribution in [0.4, 0.5) is 0 Å². The average molecular weight is 136 g/mol. The molecule has 4 nitrogen and oxygen atoms in total. The molecule has 0 bridgehead atoms. The summed E-state index contributed by atoms with van der Waals surface area (Å²) in [6, 6.07) is 0. The molecule has 0 saturated carbocycles. The number of rotatable bonds is 2. The summed E-state index contributed by atoms with van der Waals surface area (Å²) in [5.74, 6) is 0. The van der Waals surface area contributed by atoms with Crippen molar-refractivity contribution in [2.45, 2.75) is 0 Å². The third kappa shape index (κ3) is 1.59. The zero-order valence-corrected chi connectivity index (χ0v) is 5.64. The molecule has 0 aliphatic heterocycles. The Balaban J connectivity index is 4.40. The maximum atomic E-state index is 10.4. The van der Waals surface area contributed by atoms with E-state index in [-0.39, 0.29) is 0 Å². The Morgan fingerprint density at radius 2 is 1.88 bits per heavy atom. The molecule has 0 fully saturated rings. The normalized spacial score (nSPS) is 11.9. The molecule has 0 unspecified atom stereocenters. The lowest BCUT2D eigenvalue weighted by Crippen LogP contribution is -2.18. The van der Waals surface area contributed by atoms with Crippen LogP contribution < -0.4 is 0 Å². The fourth-order valence-electron chi connectivity index (χ4n) is 0.115. The summed E-state index contributed by atoms with van der Waals surface area (Å²) in [7, 11) is -0.603. The molecule has 0 heterocycles. The second kappa shape index (κ2) is 2.23. The minimum Gasteiger partial charge on any atom is -0.189 e. The van der Waals surface area contributed by atoms with Gasteiger partial charge >= 0.3 is 10.2 Å². The van der Waals surface area contributed by atoms with Crippen LogP contribution in [0.2, 0.25) is 0 Å². The first kappa shape index (κ1) is 7.58. The minimum absolute atomic E-state index is 0.986. The number of nitrogens with zero attached hydrogens (tertiary/aromatic N) is 2. The first-order chi connectivity index (χ1) is 3.50.